The third kappa shape index (κ3) is 3.22. The van der Waals surface area contributed by atoms with Gasteiger partial charge in [0.1, 0.15) is 17.1 Å². The summed E-state index contributed by atoms with van der Waals surface area (Å²) < 4.78 is 40.1. The van der Waals surface area contributed by atoms with E-state index in [-0.39, 0.29) is 22.8 Å². The molecule has 1 aromatic carbocycles. The van der Waals surface area contributed by atoms with Crippen LogP contribution in [0.4, 0.5) is 18.9 Å². The van der Waals surface area contributed by atoms with Crippen molar-refractivity contribution < 1.29 is 23.1 Å². The number of phenols is 1. The van der Waals surface area contributed by atoms with Crippen molar-refractivity contribution in [2.24, 2.45) is 0 Å². The molecule has 0 aliphatic heterocycles. The van der Waals surface area contributed by atoms with Gasteiger partial charge in [0.25, 0.3) is 5.91 Å². The molecule has 136 valence electrons. The maximum atomic E-state index is 13.0. The van der Waals surface area contributed by atoms with E-state index < -0.39 is 17.6 Å². The SMILES string of the molecule is CCc1nc2ccc(C(F)(F)F)cn2c1C(=O)Nc1ccc(C)cc1O. The van der Waals surface area contributed by atoms with Crippen molar-refractivity contribution in [3.05, 3.63) is 59.0 Å². The Balaban J connectivity index is 2.08. The highest BCUT2D eigenvalue weighted by molar-refractivity contribution is 6.05. The van der Waals surface area contributed by atoms with E-state index >= 15 is 0 Å². The summed E-state index contributed by atoms with van der Waals surface area (Å²) in [5.41, 5.74) is 0.719. The second-order valence-corrected chi connectivity index (χ2v) is 5.88. The number of hydrogen-bond donors (Lipinski definition) is 2. The Labute approximate surface area is 147 Å². The Kier molecular flexibility index (Phi) is 4.35. The van der Waals surface area contributed by atoms with Crippen molar-refractivity contribution in [2.45, 2.75) is 26.4 Å². The number of halogens is 3. The van der Waals surface area contributed by atoms with Gasteiger partial charge in [-0.05, 0) is 43.2 Å². The Morgan fingerprint density at radius 1 is 1.27 bits per heavy atom. The number of aromatic hydroxyl groups is 1. The summed E-state index contributed by atoms with van der Waals surface area (Å²) in [5, 5.41) is 12.5. The van der Waals surface area contributed by atoms with Gasteiger partial charge in [-0.1, -0.05) is 13.0 Å². The van der Waals surface area contributed by atoms with E-state index in [2.05, 4.69) is 10.3 Å². The van der Waals surface area contributed by atoms with E-state index in [1.54, 1.807) is 19.9 Å². The predicted molar refractivity (Wildman–Crippen MR) is 90.4 cm³/mol. The number of aryl methyl sites for hydroxylation is 2. The van der Waals surface area contributed by atoms with Crippen molar-refractivity contribution in [3.8, 4) is 5.75 Å². The van der Waals surface area contributed by atoms with Crippen LogP contribution in [0.15, 0.2) is 36.5 Å². The highest BCUT2D eigenvalue weighted by Crippen LogP contribution is 2.30. The van der Waals surface area contributed by atoms with Crippen molar-refractivity contribution in [1.82, 2.24) is 9.38 Å². The fraction of sp³-hybridized carbons (Fsp3) is 0.222. The minimum Gasteiger partial charge on any atom is -0.506 e. The molecule has 26 heavy (non-hydrogen) atoms. The number of nitrogens with zero attached hydrogens (tertiary/aromatic N) is 2. The molecule has 0 saturated heterocycles. The molecule has 1 amide bonds. The molecule has 3 rings (SSSR count). The van der Waals surface area contributed by atoms with E-state index in [9.17, 15) is 23.1 Å². The largest absolute Gasteiger partial charge is 0.506 e. The number of alkyl halides is 3. The minimum atomic E-state index is -4.53. The van der Waals surface area contributed by atoms with Crippen LogP contribution in [0.5, 0.6) is 5.75 Å². The van der Waals surface area contributed by atoms with Gasteiger partial charge >= 0.3 is 6.18 Å². The molecule has 3 aromatic rings. The smallest absolute Gasteiger partial charge is 0.417 e. The van der Waals surface area contributed by atoms with E-state index in [0.717, 1.165) is 22.2 Å². The van der Waals surface area contributed by atoms with Crippen LogP contribution in [0.2, 0.25) is 0 Å². The molecule has 8 heteroatoms. The number of nitrogens with one attached hydrogen (secondary N) is 1. The number of anilines is 1. The normalized spacial score (nSPS) is 11.7. The number of carbonyl (C=O) groups excluding carboxylic acids is 1. The lowest BCUT2D eigenvalue weighted by atomic mass is 10.2. The van der Waals surface area contributed by atoms with Crippen molar-refractivity contribution in [2.75, 3.05) is 5.32 Å². The average molecular weight is 363 g/mol. The molecular formula is C18H16F3N3O2. The summed E-state index contributed by atoms with van der Waals surface area (Å²) in [6.07, 6.45) is -3.31. The molecule has 0 saturated carbocycles. The predicted octanol–water partition coefficient (Wildman–Crippen LogP) is 4.18. The van der Waals surface area contributed by atoms with Gasteiger partial charge in [-0.25, -0.2) is 4.98 Å². The maximum Gasteiger partial charge on any atom is 0.417 e. The number of aromatic nitrogens is 2. The summed E-state index contributed by atoms with van der Waals surface area (Å²) in [4.78, 5) is 16.9. The van der Waals surface area contributed by atoms with Gasteiger partial charge < -0.3 is 10.4 Å². The zero-order chi connectivity index (χ0) is 19.1. The van der Waals surface area contributed by atoms with Crippen LogP contribution in [-0.2, 0) is 12.6 Å². The lowest BCUT2D eigenvalue weighted by Crippen LogP contribution is -2.17. The summed E-state index contributed by atoms with van der Waals surface area (Å²) in [5.74, 6) is -0.769. The van der Waals surface area contributed by atoms with Gasteiger partial charge in [-0.2, -0.15) is 13.2 Å². The quantitative estimate of drug-likeness (QED) is 0.686. The second kappa shape index (κ2) is 6.36. The molecule has 0 unspecified atom stereocenters. The Morgan fingerprint density at radius 2 is 2.00 bits per heavy atom. The molecule has 2 N–H and O–H groups in total. The molecule has 0 spiro atoms. The zero-order valence-electron chi connectivity index (χ0n) is 14.1. The molecule has 0 aliphatic carbocycles. The van der Waals surface area contributed by atoms with Crippen LogP contribution in [-0.4, -0.2) is 20.4 Å². The van der Waals surface area contributed by atoms with Gasteiger partial charge in [0.15, 0.2) is 0 Å². The maximum absolute atomic E-state index is 13.0. The summed E-state index contributed by atoms with van der Waals surface area (Å²) >= 11 is 0. The first-order valence-corrected chi connectivity index (χ1v) is 7.90. The van der Waals surface area contributed by atoms with E-state index in [4.69, 9.17) is 0 Å². The van der Waals surface area contributed by atoms with Crippen LogP contribution in [0, 0.1) is 6.92 Å². The van der Waals surface area contributed by atoms with Crippen LogP contribution >= 0.6 is 0 Å². The van der Waals surface area contributed by atoms with E-state index in [1.807, 2.05) is 0 Å². The number of rotatable bonds is 3. The first-order chi connectivity index (χ1) is 12.2. The van der Waals surface area contributed by atoms with Gasteiger partial charge in [0.2, 0.25) is 0 Å². The first-order valence-electron chi connectivity index (χ1n) is 7.90. The molecular weight excluding hydrogens is 347 g/mol. The number of amides is 1. The molecule has 2 aromatic heterocycles. The number of benzene rings is 1. The van der Waals surface area contributed by atoms with Gasteiger partial charge in [-0.3, -0.25) is 9.20 Å². The average Bonchev–Trinajstić information content (AvgIpc) is 2.94. The van der Waals surface area contributed by atoms with Crippen LogP contribution < -0.4 is 5.32 Å². The number of phenolic OH excluding ortho intramolecular Hbond substituents is 1. The molecule has 0 bridgehead atoms. The van der Waals surface area contributed by atoms with Crippen molar-refractivity contribution >= 4 is 17.2 Å². The van der Waals surface area contributed by atoms with Gasteiger partial charge in [-0.15, -0.1) is 0 Å². The second-order valence-electron chi connectivity index (χ2n) is 5.88. The van der Waals surface area contributed by atoms with E-state index in [1.165, 1.54) is 18.2 Å². The fourth-order valence-corrected chi connectivity index (χ4v) is 2.68. The molecule has 5 nitrogen and oxygen atoms in total. The topological polar surface area (TPSA) is 66.6 Å². The first kappa shape index (κ1) is 17.8. The number of imidazole rings is 1. The summed E-state index contributed by atoms with van der Waals surface area (Å²) in [6, 6.07) is 6.86. The third-order valence-electron chi connectivity index (χ3n) is 3.97. The molecule has 0 fully saturated rings. The number of fused-ring (bicyclic) bond motifs is 1. The molecule has 0 aliphatic rings. The molecule has 0 radical (unpaired) electrons. The monoisotopic (exact) mass is 363 g/mol. The lowest BCUT2D eigenvalue weighted by molar-refractivity contribution is -0.137. The Bertz CT molecular complexity index is 993. The number of hydrogen-bond acceptors (Lipinski definition) is 3. The number of pyridine rings is 1. The zero-order valence-corrected chi connectivity index (χ0v) is 14.1. The highest BCUT2D eigenvalue weighted by Gasteiger charge is 2.32. The standard InChI is InChI=1S/C18H16F3N3O2/c1-3-12-16(17(26)23-13-6-4-10(2)8-14(13)25)24-9-11(18(19,20)21)5-7-15(24)22-12/h4-9,25H,3H2,1-2H3,(H,23,26). The molecule has 2 heterocycles. The van der Waals surface area contributed by atoms with Crippen LogP contribution in [0.1, 0.15) is 34.2 Å². The van der Waals surface area contributed by atoms with Gasteiger partial charge in [0.05, 0.1) is 16.9 Å². The Morgan fingerprint density at radius 3 is 2.62 bits per heavy atom. The van der Waals surface area contributed by atoms with Gasteiger partial charge in [0, 0.05) is 6.20 Å². The van der Waals surface area contributed by atoms with Crippen molar-refractivity contribution in [1.29, 1.82) is 0 Å². The Hall–Kier alpha value is -3.03. The van der Waals surface area contributed by atoms with Crippen LogP contribution in [0.3, 0.4) is 0 Å². The van der Waals surface area contributed by atoms with Crippen LogP contribution in [0.25, 0.3) is 5.65 Å². The van der Waals surface area contributed by atoms with E-state index in [0.29, 0.717) is 12.1 Å². The van der Waals surface area contributed by atoms with Crippen molar-refractivity contribution in [3.63, 3.8) is 0 Å². The number of carbonyl (C=O) groups is 1. The third-order valence-corrected chi connectivity index (χ3v) is 3.97. The minimum absolute atomic E-state index is 0.00794. The lowest BCUT2D eigenvalue weighted by Gasteiger charge is -2.10. The fourth-order valence-electron chi connectivity index (χ4n) is 2.68. The molecule has 0 atom stereocenters. The summed E-state index contributed by atoms with van der Waals surface area (Å²) in [6.45, 7) is 3.54. The summed E-state index contributed by atoms with van der Waals surface area (Å²) in [7, 11) is 0. The highest BCUT2D eigenvalue weighted by atomic mass is 19.4.